The van der Waals surface area contributed by atoms with Crippen LogP contribution in [0.3, 0.4) is 0 Å². The van der Waals surface area contributed by atoms with E-state index in [2.05, 4.69) is 16.4 Å². The molecule has 1 aliphatic rings. The summed E-state index contributed by atoms with van der Waals surface area (Å²) < 4.78 is 7.62. The van der Waals surface area contributed by atoms with Crippen LogP contribution in [0.25, 0.3) is 0 Å². The fourth-order valence-corrected chi connectivity index (χ4v) is 2.43. The molecule has 1 heterocycles. The average molecular weight is 313 g/mol. The van der Waals surface area contributed by atoms with Crippen molar-refractivity contribution in [3.8, 4) is 0 Å². The van der Waals surface area contributed by atoms with Crippen LogP contribution in [0.4, 0.5) is 0 Å². The summed E-state index contributed by atoms with van der Waals surface area (Å²) in [4.78, 5) is 16.2. The Hall–Kier alpha value is -2.14. The molecule has 2 aromatic rings. The van der Waals surface area contributed by atoms with E-state index in [4.69, 9.17) is 4.74 Å². The number of imidazole rings is 1. The van der Waals surface area contributed by atoms with Gasteiger partial charge in [-0.1, -0.05) is 24.3 Å². The van der Waals surface area contributed by atoms with Crippen molar-refractivity contribution in [1.82, 2.24) is 14.9 Å². The maximum Gasteiger partial charge on any atom is 0.249 e. The molecule has 0 unspecified atom stereocenters. The number of carbonyl (C=O) groups excluding carboxylic acids is 1. The number of carbonyl (C=O) groups is 1. The molecule has 1 saturated carbocycles. The first-order valence-electron chi connectivity index (χ1n) is 8.14. The van der Waals surface area contributed by atoms with Crippen LogP contribution in [0.1, 0.15) is 30.9 Å². The highest BCUT2D eigenvalue weighted by Crippen LogP contribution is 2.29. The topological polar surface area (TPSA) is 56.1 Å². The molecular weight excluding hydrogens is 290 g/mol. The van der Waals surface area contributed by atoms with E-state index in [-0.39, 0.29) is 5.91 Å². The van der Waals surface area contributed by atoms with E-state index in [1.54, 1.807) is 12.5 Å². The molecule has 3 rings (SSSR count). The molecule has 0 spiro atoms. The van der Waals surface area contributed by atoms with E-state index in [9.17, 15) is 4.79 Å². The largest absolute Gasteiger partial charge is 0.368 e. The maximum atomic E-state index is 12.1. The van der Waals surface area contributed by atoms with Crippen LogP contribution in [0, 0.1) is 5.92 Å². The summed E-state index contributed by atoms with van der Waals surface area (Å²) in [5.74, 6) is 0.615. The van der Waals surface area contributed by atoms with E-state index in [0.717, 1.165) is 12.1 Å². The second-order valence-corrected chi connectivity index (χ2v) is 6.14. The second kappa shape index (κ2) is 7.42. The van der Waals surface area contributed by atoms with Crippen molar-refractivity contribution in [2.24, 2.45) is 5.92 Å². The number of aromatic nitrogens is 2. The van der Waals surface area contributed by atoms with Crippen LogP contribution in [0.15, 0.2) is 43.0 Å². The van der Waals surface area contributed by atoms with Gasteiger partial charge in [0.05, 0.1) is 12.9 Å². The van der Waals surface area contributed by atoms with E-state index < -0.39 is 6.10 Å². The summed E-state index contributed by atoms with van der Waals surface area (Å²) in [5.41, 5.74) is 2.29. The first kappa shape index (κ1) is 15.7. The maximum absolute atomic E-state index is 12.1. The van der Waals surface area contributed by atoms with Crippen molar-refractivity contribution in [3.63, 3.8) is 0 Å². The molecule has 1 aromatic carbocycles. The highest BCUT2D eigenvalue weighted by Gasteiger charge is 2.24. The van der Waals surface area contributed by atoms with E-state index in [0.29, 0.717) is 19.1 Å². The Morgan fingerprint density at radius 2 is 2.17 bits per heavy atom. The summed E-state index contributed by atoms with van der Waals surface area (Å²) in [6.07, 6.45) is 7.57. The van der Waals surface area contributed by atoms with E-state index in [1.807, 2.05) is 35.9 Å². The molecule has 1 atom stereocenters. The third kappa shape index (κ3) is 4.66. The van der Waals surface area contributed by atoms with Gasteiger partial charge in [0.15, 0.2) is 0 Å². The van der Waals surface area contributed by atoms with Crippen LogP contribution in [-0.2, 0) is 22.6 Å². The van der Waals surface area contributed by atoms with Crippen LogP contribution in [0.2, 0.25) is 0 Å². The number of hydrogen-bond acceptors (Lipinski definition) is 3. The fourth-order valence-electron chi connectivity index (χ4n) is 2.43. The summed E-state index contributed by atoms with van der Waals surface area (Å²) >= 11 is 0. The highest BCUT2D eigenvalue weighted by molar-refractivity contribution is 5.80. The number of nitrogens with one attached hydrogen (secondary N) is 1. The Kier molecular flexibility index (Phi) is 5.08. The van der Waals surface area contributed by atoms with Gasteiger partial charge in [-0.15, -0.1) is 0 Å². The van der Waals surface area contributed by atoms with Gasteiger partial charge in [0.25, 0.3) is 0 Å². The standard InChI is InChI=1S/C18H23N3O2/c1-14(23-12-15-6-7-15)18(22)20-10-16-4-2-3-5-17(16)11-21-9-8-19-13-21/h2-5,8-9,13-15H,6-7,10-12H2,1H3,(H,20,22)/t14-/m0/s1. The van der Waals surface area contributed by atoms with Gasteiger partial charge in [-0.3, -0.25) is 4.79 Å². The lowest BCUT2D eigenvalue weighted by atomic mass is 10.1. The summed E-state index contributed by atoms with van der Waals surface area (Å²) in [7, 11) is 0. The molecule has 1 aliphatic carbocycles. The van der Waals surface area contributed by atoms with E-state index in [1.165, 1.54) is 18.4 Å². The van der Waals surface area contributed by atoms with Crippen LogP contribution >= 0.6 is 0 Å². The van der Waals surface area contributed by atoms with Crippen molar-refractivity contribution >= 4 is 5.91 Å². The average Bonchev–Trinajstić information content (AvgIpc) is 3.26. The number of benzene rings is 1. The normalized spacial score (nSPS) is 15.3. The predicted molar refractivity (Wildman–Crippen MR) is 87.8 cm³/mol. The quantitative estimate of drug-likeness (QED) is 0.814. The Morgan fingerprint density at radius 1 is 1.39 bits per heavy atom. The number of nitrogens with zero attached hydrogens (tertiary/aromatic N) is 2. The van der Waals surface area contributed by atoms with Gasteiger partial charge in [-0.05, 0) is 36.8 Å². The predicted octanol–water partition coefficient (Wildman–Crippen LogP) is 2.36. The lowest BCUT2D eigenvalue weighted by Crippen LogP contribution is -2.34. The zero-order valence-electron chi connectivity index (χ0n) is 13.4. The third-order valence-electron chi connectivity index (χ3n) is 4.13. The van der Waals surface area contributed by atoms with Crippen molar-refractivity contribution in [2.75, 3.05) is 6.61 Å². The van der Waals surface area contributed by atoms with Crippen molar-refractivity contribution < 1.29 is 9.53 Å². The Bertz CT molecular complexity index is 635. The van der Waals surface area contributed by atoms with Gasteiger partial charge in [-0.25, -0.2) is 4.98 Å². The first-order valence-corrected chi connectivity index (χ1v) is 8.14. The van der Waals surface area contributed by atoms with Gasteiger partial charge < -0.3 is 14.6 Å². The summed E-state index contributed by atoms with van der Waals surface area (Å²) in [6, 6.07) is 8.13. The minimum Gasteiger partial charge on any atom is -0.368 e. The molecule has 1 fully saturated rings. The van der Waals surface area contributed by atoms with Crippen LogP contribution in [0.5, 0.6) is 0 Å². The minimum atomic E-state index is -0.392. The monoisotopic (exact) mass is 313 g/mol. The Morgan fingerprint density at radius 3 is 2.87 bits per heavy atom. The van der Waals surface area contributed by atoms with Gasteiger partial charge in [0, 0.05) is 25.5 Å². The molecule has 1 amide bonds. The smallest absolute Gasteiger partial charge is 0.249 e. The minimum absolute atomic E-state index is 0.0527. The molecule has 1 aromatic heterocycles. The molecule has 0 radical (unpaired) electrons. The lowest BCUT2D eigenvalue weighted by Gasteiger charge is -2.15. The number of ether oxygens (including phenoxy) is 1. The van der Waals surface area contributed by atoms with Crippen molar-refractivity contribution in [1.29, 1.82) is 0 Å². The molecule has 122 valence electrons. The van der Waals surface area contributed by atoms with Gasteiger partial charge in [0.1, 0.15) is 6.10 Å². The van der Waals surface area contributed by atoms with E-state index >= 15 is 0 Å². The fraction of sp³-hybridized carbons (Fsp3) is 0.444. The Balaban J connectivity index is 1.53. The molecule has 23 heavy (non-hydrogen) atoms. The second-order valence-electron chi connectivity index (χ2n) is 6.14. The van der Waals surface area contributed by atoms with Crippen molar-refractivity contribution in [2.45, 2.75) is 39.0 Å². The van der Waals surface area contributed by atoms with Gasteiger partial charge >= 0.3 is 0 Å². The van der Waals surface area contributed by atoms with Gasteiger partial charge in [0.2, 0.25) is 5.91 Å². The lowest BCUT2D eigenvalue weighted by molar-refractivity contribution is -0.132. The summed E-state index contributed by atoms with van der Waals surface area (Å²) in [6.45, 7) is 3.78. The molecule has 5 nitrogen and oxygen atoms in total. The van der Waals surface area contributed by atoms with Crippen molar-refractivity contribution in [3.05, 3.63) is 54.1 Å². The zero-order valence-corrected chi connectivity index (χ0v) is 13.4. The molecule has 0 aliphatic heterocycles. The Labute approximate surface area is 136 Å². The van der Waals surface area contributed by atoms with Crippen LogP contribution in [-0.4, -0.2) is 28.2 Å². The van der Waals surface area contributed by atoms with Crippen LogP contribution < -0.4 is 5.32 Å². The first-order chi connectivity index (χ1) is 11.2. The SMILES string of the molecule is C[C@H](OCC1CC1)C(=O)NCc1ccccc1Cn1ccnc1. The number of rotatable bonds is 8. The third-order valence-corrected chi connectivity index (χ3v) is 4.13. The molecule has 5 heteroatoms. The van der Waals surface area contributed by atoms with Gasteiger partial charge in [-0.2, -0.15) is 0 Å². The molecule has 0 bridgehead atoms. The highest BCUT2D eigenvalue weighted by atomic mass is 16.5. The molecule has 0 saturated heterocycles. The zero-order chi connectivity index (χ0) is 16.1. The number of amides is 1. The summed E-state index contributed by atoms with van der Waals surface area (Å²) in [5, 5.41) is 2.97. The molecule has 1 N–H and O–H groups in total. The number of hydrogen-bond donors (Lipinski definition) is 1. The molecular formula is C18H23N3O2.